The molecule has 2 atom stereocenters. The van der Waals surface area contributed by atoms with Gasteiger partial charge in [-0.1, -0.05) is 66.7 Å². The van der Waals surface area contributed by atoms with E-state index in [0.717, 1.165) is 49.1 Å². The topological polar surface area (TPSA) is 56.2 Å². The molecule has 6 nitrogen and oxygen atoms in total. The molecule has 0 bridgehead atoms. The van der Waals surface area contributed by atoms with Crippen LogP contribution in [0.1, 0.15) is 5.56 Å². The molecular formula is C28H28N4O2S. The van der Waals surface area contributed by atoms with Crippen molar-refractivity contribution in [1.82, 2.24) is 14.9 Å². The van der Waals surface area contributed by atoms with Gasteiger partial charge in [0, 0.05) is 56.7 Å². The predicted octanol–water partition coefficient (Wildman–Crippen LogP) is 3.88. The molecule has 0 aliphatic carbocycles. The molecule has 3 aromatic carbocycles. The van der Waals surface area contributed by atoms with Gasteiger partial charge in [-0.2, -0.15) is 0 Å². The summed E-state index contributed by atoms with van der Waals surface area (Å²) in [6, 6.07) is 23.4. The van der Waals surface area contributed by atoms with E-state index in [2.05, 4.69) is 44.2 Å². The number of hydrazine groups is 1. The van der Waals surface area contributed by atoms with Crippen LogP contribution in [0.2, 0.25) is 0 Å². The van der Waals surface area contributed by atoms with E-state index in [1.165, 1.54) is 5.56 Å². The largest absolute Gasteiger partial charge is 0.296 e. The fourth-order valence-corrected chi connectivity index (χ4v) is 6.99. The zero-order chi connectivity index (χ0) is 23.8. The van der Waals surface area contributed by atoms with Gasteiger partial charge in [0.25, 0.3) is 0 Å². The van der Waals surface area contributed by atoms with Gasteiger partial charge in [0.2, 0.25) is 0 Å². The van der Waals surface area contributed by atoms with Gasteiger partial charge in [-0.25, -0.2) is 13.4 Å². The van der Waals surface area contributed by atoms with Crippen LogP contribution in [0.3, 0.4) is 0 Å². The van der Waals surface area contributed by atoms with E-state index in [9.17, 15) is 8.42 Å². The van der Waals surface area contributed by atoms with Crippen molar-refractivity contribution in [3.8, 4) is 0 Å². The molecular weight excluding hydrogens is 456 g/mol. The SMILES string of the molecule is O=S(=O)(c1cccc2ccccc12)C1C=NC2C=CN(N3CCN(Cc4ccccc4)CC3)C=C21. The summed E-state index contributed by atoms with van der Waals surface area (Å²) in [6.45, 7) is 4.63. The Kier molecular flexibility index (Phi) is 5.76. The van der Waals surface area contributed by atoms with Gasteiger partial charge in [0.05, 0.1) is 10.9 Å². The summed E-state index contributed by atoms with van der Waals surface area (Å²) in [5, 5.41) is 5.26. The molecule has 0 radical (unpaired) electrons. The van der Waals surface area contributed by atoms with Crippen molar-refractivity contribution in [1.29, 1.82) is 0 Å². The molecule has 3 heterocycles. The van der Waals surface area contributed by atoms with E-state index < -0.39 is 15.1 Å². The van der Waals surface area contributed by atoms with Gasteiger partial charge in [-0.05, 0) is 28.7 Å². The molecule has 0 saturated carbocycles. The third-order valence-corrected chi connectivity index (χ3v) is 9.10. The molecule has 1 fully saturated rings. The molecule has 7 heteroatoms. The summed E-state index contributed by atoms with van der Waals surface area (Å²) < 4.78 is 27.6. The molecule has 3 aliphatic heterocycles. The minimum Gasteiger partial charge on any atom is -0.296 e. The summed E-state index contributed by atoms with van der Waals surface area (Å²) in [7, 11) is -3.64. The number of fused-ring (bicyclic) bond motifs is 2. The molecule has 2 unspecified atom stereocenters. The minimum atomic E-state index is -3.64. The first-order valence-corrected chi connectivity index (χ1v) is 13.6. The molecule has 3 aromatic rings. The first-order valence-electron chi connectivity index (χ1n) is 12.0. The van der Waals surface area contributed by atoms with Crippen molar-refractivity contribution in [2.75, 3.05) is 26.2 Å². The van der Waals surface area contributed by atoms with Crippen LogP contribution in [0, 0.1) is 0 Å². The van der Waals surface area contributed by atoms with Crippen LogP contribution in [0.5, 0.6) is 0 Å². The van der Waals surface area contributed by atoms with Gasteiger partial charge in [-0.15, -0.1) is 0 Å². The number of nitrogens with zero attached hydrogens (tertiary/aromatic N) is 4. The quantitative estimate of drug-likeness (QED) is 0.550. The third-order valence-electron chi connectivity index (χ3n) is 7.07. The first kappa shape index (κ1) is 22.2. The van der Waals surface area contributed by atoms with E-state index >= 15 is 0 Å². The summed E-state index contributed by atoms with van der Waals surface area (Å²) in [6.07, 6.45) is 7.61. The average Bonchev–Trinajstić information content (AvgIpc) is 3.34. The average molecular weight is 485 g/mol. The molecule has 0 amide bonds. The highest BCUT2D eigenvalue weighted by Gasteiger charge is 2.39. The maximum atomic E-state index is 13.8. The van der Waals surface area contributed by atoms with Gasteiger partial charge in [-0.3, -0.25) is 14.9 Å². The zero-order valence-corrected chi connectivity index (χ0v) is 20.3. The predicted molar refractivity (Wildman–Crippen MR) is 140 cm³/mol. The molecule has 0 aromatic heterocycles. The van der Waals surface area contributed by atoms with Crippen LogP contribution >= 0.6 is 0 Å². The van der Waals surface area contributed by atoms with Crippen molar-refractivity contribution in [3.63, 3.8) is 0 Å². The molecule has 0 spiro atoms. The Hall–Kier alpha value is -3.26. The Morgan fingerprint density at radius 1 is 0.857 bits per heavy atom. The van der Waals surface area contributed by atoms with Crippen LogP contribution in [0.25, 0.3) is 10.8 Å². The number of rotatable bonds is 5. The van der Waals surface area contributed by atoms with Crippen LogP contribution in [-0.2, 0) is 16.4 Å². The van der Waals surface area contributed by atoms with Crippen molar-refractivity contribution in [2.45, 2.75) is 22.7 Å². The van der Waals surface area contributed by atoms with Gasteiger partial charge >= 0.3 is 0 Å². The number of sulfone groups is 1. The number of benzene rings is 3. The van der Waals surface area contributed by atoms with E-state index in [1.807, 2.05) is 60.9 Å². The van der Waals surface area contributed by atoms with E-state index in [1.54, 1.807) is 12.3 Å². The summed E-state index contributed by atoms with van der Waals surface area (Å²) in [5.74, 6) is 0. The summed E-state index contributed by atoms with van der Waals surface area (Å²) in [5.41, 5.74) is 2.14. The molecule has 1 saturated heterocycles. The van der Waals surface area contributed by atoms with Crippen LogP contribution in [0.15, 0.2) is 107 Å². The number of hydrogen-bond donors (Lipinski definition) is 0. The van der Waals surface area contributed by atoms with Crippen molar-refractivity contribution in [2.24, 2.45) is 4.99 Å². The molecule has 6 rings (SSSR count). The second kappa shape index (κ2) is 9.07. The van der Waals surface area contributed by atoms with Gasteiger partial charge < -0.3 is 0 Å². The van der Waals surface area contributed by atoms with E-state index in [4.69, 9.17) is 0 Å². The highest BCUT2D eigenvalue weighted by Crippen LogP contribution is 2.34. The second-order valence-electron chi connectivity index (χ2n) is 9.25. The summed E-state index contributed by atoms with van der Waals surface area (Å²) >= 11 is 0. The fraction of sp³-hybridized carbons (Fsp3) is 0.250. The number of piperazine rings is 1. The molecule has 35 heavy (non-hydrogen) atoms. The van der Waals surface area contributed by atoms with Crippen LogP contribution in [0.4, 0.5) is 0 Å². The smallest absolute Gasteiger partial charge is 0.190 e. The Morgan fingerprint density at radius 2 is 1.60 bits per heavy atom. The first-order chi connectivity index (χ1) is 17.1. The highest BCUT2D eigenvalue weighted by atomic mass is 32.2. The van der Waals surface area contributed by atoms with Crippen LogP contribution < -0.4 is 0 Å². The number of hydrogen-bond acceptors (Lipinski definition) is 6. The summed E-state index contributed by atoms with van der Waals surface area (Å²) in [4.78, 5) is 7.36. The Morgan fingerprint density at radius 3 is 2.43 bits per heavy atom. The van der Waals surface area contributed by atoms with Crippen molar-refractivity contribution >= 4 is 26.8 Å². The second-order valence-corrected chi connectivity index (χ2v) is 11.3. The minimum absolute atomic E-state index is 0.222. The maximum Gasteiger partial charge on any atom is 0.190 e. The molecule has 3 aliphatic rings. The van der Waals surface area contributed by atoms with Crippen molar-refractivity contribution < 1.29 is 8.42 Å². The zero-order valence-electron chi connectivity index (χ0n) is 19.4. The van der Waals surface area contributed by atoms with E-state index in [0.29, 0.717) is 4.90 Å². The standard InChI is InChI=1S/C28H28N4O2S/c33-35(34,27-12-6-10-23-9-4-5-11-24(23)27)28-19-29-26-13-14-32(21-25(26)28)31-17-15-30(16-18-31)20-22-7-2-1-3-8-22/h1-14,19,21,26,28H,15-18,20H2. The normalized spacial score (nSPS) is 23.0. The van der Waals surface area contributed by atoms with Crippen LogP contribution in [-0.4, -0.2) is 67.0 Å². The lowest BCUT2D eigenvalue weighted by molar-refractivity contribution is 0.00808. The lowest BCUT2D eigenvalue weighted by Gasteiger charge is -2.40. The molecule has 0 N–H and O–H groups in total. The number of aliphatic imine (C=N–C) groups is 1. The van der Waals surface area contributed by atoms with Crippen molar-refractivity contribution in [3.05, 3.63) is 102 Å². The maximum absolute atomic E-state index is 13.8. The fourth-order valence-electron chi connectivity index (χ4n) is 5.17. The lowest BCUT2D eigenvalue weighted by Crippen LogP contribution is -2.51. The third kappa shape index (κ3) is 4.20. The Bertz CT molecular complexity index is 1420. The highest BCUT2D eigenvalue weighted by molar-refractivity contribution is 7.93. The Labute approximate surface area is 206 Å². The van der Waals surface area contributed by atoms with Gasteiger partial charge in [0.1, 0.15) is 5.25 Å². The monoisotopic (exact) mass is 484 g/mol. The lowest BCUT2D eigenvalue weighted by atomic mass is 10.1. The van der Waals surface area contributed by atoms with E-state index in [-0.39, 0.29) is 6.04 Å². The molecule has 178 valence electrons. The van der Waals surface area contributed by atoms with Gasteiger partial charge in [0.15, 0.2) is 9.84 Å². The Balaban J connectivity index is 1.21.